The number of carbonyl (C=O) groups is 1. The molecule has 7 nitrogen and oxygen atoms in total. The van der Waals surface area contributed by atoms with E-state index in [0.29, 0.717) is 17.4 Å². The first-order chi connectivity index (χ1) is 11.5. The Hall–Kier alpha value is -3.22. The fraction of sp³-hybridized carbons (Fsp3) is 0.176. The highest BCUT2D eigenvalue weighted by Crippen LogP contribution is 2.14. The summed E-state index contributed by atoms with van der Waals surface area (Å²) in [7, 11) is 0. The van der Waals surface area contributed by atoms with Gasteiger partial charge in [0.25, 0.3) is 5.95 Å². The molecule has 3 aromatic heterocycles. The zero-order valence-electron chi connectivity index (χ0n) is 13.6. The maximum Gasteiger partial charge on any atom is 0.250 e. The maximum atomic E-state index is 11.9. The van der Waals surface area contributed by atoms with Crippen LogP contribution in [0.4, 0.5) is 5.69 Å². The van der Waals surface area contributed by atoms with Gasteiger partial charge in [0.1, 0.15) is 5.76 Å². The minimum absolute atomic E-state index is 0.287. The van der Waals surface area contributed by atoms with Gasteiger partial charge >= 0.3 is 0 Å². The molecule has 24 heavy (non-hydrogen) atoms. The topological polar surface area (TPSA) is 85.8 Å². The summed E-state index contributed by atoms with van der Waals surface area (Å²) in [6, 6.07) is 3.52. The molecular formula is C17H17N5O2. The summed E-state index contributed by atoms with van der Waals surface area (Å²) in [5, 5.41) is 7.10. The molecule has 0 atom stereocenters. The third-order valence-corrected chi connectivity index (χ3v) is 3.69. The number of hydrogen-bond donors (Lipinski definition) is 1. The second kappa shape index (κ2) is 6.49. The van der Waals surface area contributed by atoms with Gasteiger partial charge in [-0.3, -0.25) is 4.79 Å². The molecule has 0 aromatic carbocycles. The van der Waals surface area contributed by atoms with Gasteiger partial charge in [0.05, 0.1) is 30.0 Å². The number of nitrogens with one attached hydrogen (secondary N) is 1. The molecule has 3 rings (SSSR count). The molecule has 0 bridgehead atoms. The number of anilines is 1. The van der Waals surface area contributed by atoms with Gasteiger partial charge in [-0.05, 0) is 44.5 Å². The molecule has 0 aliphatic rings. The molecule has 122 valence electrons. The van der Waals surface area contributed by atoms with E-state index in [0.717, 1.165) is 17.0 Å². The summed E-state index contributed by atoms with van der Waals surface area (Å²) in [5.41, 5.74) is 3.55. The lowest BCUT2D eigenvalue weighted by Crippen LogP contribution is -2.10. The van der Waals surface area contributed by atoms with E-state index in [1.807, 2.05) is 20.8 Å². The van der Waals surface area contributed by atoms with Crippen LogP contribution in [-0.2, 0) is 4.79 Å². The van der Waals surface area contributed by atoms with Crippen molar-refractivity contribution in [1.29, 1.82) is 0 Å². The minimum atomic E-state index is -0.287. The van der Waals surface area contributed by atoms with Crippen molar-refractivity contribution in [2.75, 3.05) is 5.32 Å². The van der Waals surface area contributed by atoms with Crippen molar-refractivity contribution in [3.05, 3.63) is 59.6 Å². The molecule has 0 saturated carbocycles. The molecular weight excluding hydrogens is 306 g/mol. The summed E-state index contributed by atoms with van der Waals surface area (Å²) in [4.78, 5) is 20.4. The monoisotopic (exact) mass is 323 g/mol. The van der Waals surface area contributed by atoms with Crippen LogP contribution in [0.3, 0.4) is 0 Å². The molecule has 7 heteroatoms. The molecule has 0 fully saturated rings. The van der Waals surface area contributed by atoms with Crippen molar-refractivity contribution < 1.29 is 9.21 Å². The van der Waals surface area contributed by atoms with E-state index in [1.165, 1.54) is 6.08 Å². The molecule has 0 aliphatic carbocycles. The van der Waals surface area contributed by atoms with E-state index in [2.05, 4.69) is 20.4 Å². The number of nitrogens with zero attached hydrogens (tertiary/aromatic N) is 4. The second-order valence-corrected chi connectivity index (χ2v) is 5.32. The van der Waals surface area contributed by atoms with Crippen LogP contribution in [0.2, 0.25) is 0 Å². The Morgan fingerprint density at radius 3 is 2.58 bits per heavy atom. The Balaban J connectivity index is 1.70. The van der Waals surface area contributed by atoms with Crippen molar-refractivity contribution in [2.45, 2.75) is 20.8 Å². The number of aryl methyl sites for hydroxylation is 1. The van der Waals surface area contributed by atoms with E-state index in [-0.39, 0.29) is 5.91 Å². The number of aromatic nitrogens is 4. The standard InChI is InChI=1S/C17H17N5O2/c1-11-12(2)21-22(13(11)3)17-18-9-14(10-19-17)20-16(23)7-6-15-5-4-8-24-15/h4-10H,1-3H3,(H,20,23). The van der Waals surface area contributed by atoms with Gasteiger partial charge in [-0.1, -0.05) is 0 Å². The molecule has 0 saturated heterocycles. The molecule has 1 amide bonds. The Bertz CT molecular complexity index is 877. The van der Waals surface area contributed by atoms with Crippen molar-refractivity contribution in [2.24, 2.45) is 0 Å². The van der Waals surface area contributed by atoms with Gasteiger partial charge in [-0.2, -0.15) is 5.10 Å². The van der Waals surface area contributed by atoms with Crippen LogP contribution in [0.25, 0.3) is 12.0 Å². The van der Waals surface area contributed by atoms with E-state index in [4.69, 9.17) is 4.42 Å². The molecule has 0 unspecified atom stereocenters. The Labute approximate surface area is 139 Å². The number of amides is 1. The van der Waals surface area contributed by atoms with Gasteiger partial charge in [0.15, 0.2) is 0 Å². The summed E-state index contributed by atoms with van der Waals surface area (Å²) in [6.45, 7) is 5.92. The average Bonchev–Trinajstić information content (AvgIpc) is 3.18. The first-order valence-corrected chi connectivity index (χ1v) is 7.42. The van der Waals surface area contributed by atoms with Gasteiger partial charge in [-0.15, -0.1) is 0 Å². The van der Waals surface area contributed by atoms with Crippen molar-refractivity contribution in [1.82, 2.24) is 19.7 Å². The van der Waals surface area contributed by atoms with Crippen LogP contribution >= 0.6 is 0 Å². The number of hydrogen-bond acceptors (Lipinski definition) is 5. The zero-order chi connectivity index (χ0) is 17.1. The quantitative estimate of drug-likeness (QED) is 0.746. The summed E-state index contributed by atoms with van der Waals surface area (Å²) in [6.07, 6.45) is 7.62. The van der Waals surface area contributed by atoms with Crippen LogP contribution in [0.5, 0.6) is 0 Å². The van der Waals surface area contributed by atoms with Crippen LogP contribution in [0.1, 0.15) is 22.7 Å². The first kappa shape index (κ1) is 15.7. The van der Waals surface area contributed by atoms with E-state index < -0.39 is 0 Å². The highest BCUT2D eigenvalue weighted by Gasteiger charge is 2.11. The van der Waals surface area contributed by atoms with E-state index in [1.54, 1.807) is 41.5 Å². The SMILES string of the molecule is Cc1nn(-c2ncc(NC(=O)C=Cc3ccco3)cn2)c(C)c1C. The van der Waals surface area contributed by atoms with Crippen LogP contribution in [0, 0.1) is 20.8 Å². The van der Waals surface area contributed by atoms with Crippen LogP contribution < -0.4 is 5.32 Å². The summed E-state index contributed by atoms with van der Waals surface area (Å²) in [5.74, 6) is 0.786. The number of rotatable bonds is 4. The Kier molecular flexibility index (Phi) is 4.24. The van der Waals surface area contributed by atoms with Gasteiger partial charge in [0, 0.05) is 11.8 Å². The third kappa shape index (κ3) is 3.24. The smallest absolute Gasteiger partial charge is 0.250 e. The third-order valence-electron chi connectivity index (χ3n) is 3.69. The van der Waals surface area contributed by atoms with Gasteiger partial charge in [-0.25, -0.2) is 14.6 Å². The Morgan fingerprint density at radius 2 is 2.00 bits per heavy atom. The second-order valence-electron chi connectivity index (χ2n) is 5.32. The fourth-order valence-corrected chi connectivity index (χ4v) is 2.14. The fourth-order valence-electron chi connectivity index (χ4n) is 2.14. The minimum Gasteiger partial charge on any atom is -0.465 e. The van der Waals surface area contributed by atoms with Crippen molar-refractivity contribution in [3.8, 4) is 5.95 Å². The molecule has 1 N–H and O–H groups in total. The molecule has 0 spiro atoms. The lowest BCUT2D eigenvalue weighted by molar-refractivity contribution is -0.111. The normalized spacial score (nSPS) is 11.1. The molecule has 0 radical (unpaired) electrons. The lowest BCUT2D eigenvalue weighted by atomic mass is 10.2. The molecule has 3 heterocycles. The predicted molar refractivity (Wildman–Crippen MR) is 89.7 cm³/mol. The molecule has 0 aliphatic heterocycles. The zero-order valence-corrected chi connectivity index (χ0v) is 13.6. The Morgan fingerprint density at radius 1 is 1.25 bits per heavy atom. The van der Waals surface area contributed by atoms with Crippen molar-refractivity contribution in [3.63, 3.8) is 0 Å². The largest absolute Gasteiger partial charge is 0.465 e. The van der Waals surface area contributed by atoms with Crippen LogP contribution in [0.15, 0.2) is 41.3 Å². The first-order valence-electron chi connectivity index (χ1n) is 7.42. The number of furan rings is 1. The molecule has 3 aromatic rings. The summed E-state index contributed by atoms with van der Waals surface area (Å²) < 4.78 is 6.81. The van der Waals surface area contributed by atoms with E-state index >= 15 is 0 Å². The van der Waals surface area contributed by atoms with Gasteiger partial charge < -0.3 is 9.73 Å². The van der Waals surface area contributed by atoms with Crippen LogP contribution in [-0.4, -0.2) is 25.7 Å². The maximum absolute atomic E-state index is 11.9. The highest BCUT2D eigenvalue weighted by atomic mass is 16.3. The number of carbonyl (C=O) groups excluding carboxylic acids is 1. The van der Waals surface area contributed by atoms with E-state index in [9.17, 15) is 4.79 Å². The lowest BCUT2D eigenvalue weighted by Gasteiger charge is -2.04. The highest BCUT2D eigenvalue weighted by molar-refractivity contribution is 6.01. The average molecular weight is 323 g/mol. The predicted octanol–water partition coefficient (Wildman–Crippen LogP) is 2.83. The van der Waals surface area contributed by atoms with Crippen molar-refractivity contribution >= 4 is 17.7 Å². The summed E-state index contributed by atoms with van der Waals surface area (Å²) >= 11 is 0. The van der Waals surface area contributed by atoms with Gasteiger partial charge in [0.2, 0.25) is 5.91 Å².